The second-order valence-electron chi connectivity index (χ2n) is 6.92. The molecule has 0 saturated heterocycles. The van der Waals surface area contributed by atoms with Gasteiger partial charge < -0.3 is 15.0 Å². The normalized spacial score (nSPS) is 11.3. The Hall–Kier alpha value is -3.20. The minimum atomic E-state index is -0.520. The number of hydrogen-bond acceptors (Lipinski definition) is 5. The number of fused-ring (bicyclic) bond motifs is 1. The molecule has 0 aliphatic rings. The number of carbonyl (C=O) groups is 1. The average molecular weight is 399 g/mol. The SMILES string of the molecule is CCCOCCc1nc2c(c(=O)n(C)c(=O)n2C)n1Cc1cccc(C(N)=O)c1. The topological polar surface area (TPSA) is 114 Å². The lowest BCUT2D eigenvalue weighted by molar-refractivity contribution is 0.1000. The van der Waals surface area contributed by atoms with E-state index in [0.29, 0.717) is 48.7 Å². The van der Waals surface area contributed by atoms with E-state index in [1.807, 2.05) is 13.0 Å². The van der Waals surface area contributed by atoms with E-state index in [1.165, 1.54) is 11.6 Å². The van der Waals surface area contributed by atoms with Crippen molar-refractivity contribution < 1.29 is 9.53 Å². The highest BCUT2D eigenvalue weighted by molar-refractivity contribution is 5.92. The maximum atomic E-state index is 12.9. The van der Waals surface area contributed by atoms with Gasteiger partial charge in [0.15, 0.2) is 11.2 Å². The van der Waals surface area contributed by atoms with Crippen molar-refractivity contribution in [3.05, 3.63) is 62.1 Å². The maximum absolute atomic E-state index is 12.9. The zero-order valence-electron chi connectivity index (χ0n) is 16.8. The van der Waals surface area contributed by atoms with Crippen LogP contribution in [-0.4, -0.2) is 37.8 Å². The number of benzene rings is 1. The molecular weight excluding hydrogens is 374 g/mol. The van der Waals surface area contributed by atoms with Gasteiger partial charge in [-0.05, 0) is 24.1 Å². The number of nitrogens with zero attached hydrogens (tertiary/aromatic N) is 4. The van der Waals surface area contributed by atoms with Gasteiger partial charge in [-0.15, -0.1) is 0 Å². The number of rotatable bonds is 8. The number of nitrogens with two attached hydrogens (primary N) is 1. The molecule has 29 heavy (non-hydrogen) atoms. The summed E-state index contributed by atoms with van der Waals surface area (Å²) < 4.78 is 9.80. The van der Waals surface area contributed by atoms with E-state index in [9.17, 15) is 14.4 Å². The molecule has 9 nitrogen and oxygen atoms in total. The van der Waals surface area contributed by atoms with Crippen molar-refractivity contribution in [1.29, 1.82) is 0 Å². The highest BCUT2D eigenvalue weighted by atomic mass is 16.5. The quantitative estimate of drug-likeness (QED) is 0.556. The Morgan fingerprint density at radius 2 is 1.93 bits per heavy atom. The Bertz CT molecular complexity index is 1170. The first-order valence-corrected chi connectivity index (χ1v) is 9.46. The lowest BCUT2D eigenvalue weighted by Gasteiger charge is -2.11. The molecule has 2 heterocycles. The van der Waals surface area contributed by atoms with Gasteiger partial charge in [-0.3, -0.25) is 18.7 Å². The Morgan fingerprint density at radius 1 is 1.17 bits per heavy atom. The van der Waals surface area contributed by atoms with E-state index in [-0.39, 0.29) is 0 Å². The first-order valence-electron chi connectivity index (χ1n) is 9.46. The zero-order valence-corrected chi connectivity index (χ0v) is 16.8. The van der Waals surface area contributed by atoms with E-state index >= 15 is 0 Å². The summed E-state index contributed by atoms with van der Waals surface area (Å²) in [5.41, 5.74) is 6.39. The number of imidazole rings is 1. The summed E-state index contributed by atoms with van der Waals surface area (Å²) in [5, 5.41) is 0. The molecule has 0 spiro atoms. The summed E-state index contributed by atoms with van der Waals surface area (Å²) >= 11 is 0. The van der Waals surface area contributed by atoms with Crippen LogP contribution in [0, 0.1) is 0 Å². The number of carbonyl (C=O) groups excluding carboxylic acids is 1. The molecule has 1 aromatic carbocycles. The lowest BCUT2D eigenvalue weighted by Crippen LogP contribution is -2.37. The summed E-state index contributed by atoms with van der Waals surface area (Å²) in [6, 6.07) is 6.92. The maximum Gasteiger partial charge on any atom is 0.332 e. The molecule has 1 amide bonds. The van der Waals surface area contributed by atoms with Crippen molar-refractivity contribution in [2.45, 2.75) is 26.3 Å². The molecule has 2 aromatic heterocycles. The van der Waals surface area contributed by atoms with Crippen LogP contribution in [0.2, 0.25) is 0 Å². The number of aromatic nitrogens is 4. The molecule has 9 heteroatoms. The molecule has 3 aromatic rings. The third-order valence-corrected chi connectivity index (χ3v) is 4.80. The minimum absolute atomic E-state index is 0.314. The highest BCUT2D eigenvalue weighted by Crippen LogP contribution is 2.16. The largest absolute Gasteiger partial charge is 0.381 e. The van der Waals surface area contributed by atoms with Gasteiger partial charge in [0.05, 0.1) is 6.61 Å². The molecular formula is C20H25N5O4. The van der Waals surface area contributed by atoms with Crippen molar-refractivity contribution in [3.8, 4) is 0 Å². The molecule has 0 aliphatic carbocycles. The predicted octanol–water partition coefficient (Wildman–Crippen LogP) is 0.550. The van der Waals surface area contributed by atoms with E-state index in [1.54, 1.807) is 29.8 Å². The third-order valence-electron chi connectivity index (χ3n) is 4.80. The zero-order chi connectivity index (χ0) is 21.1. The van der Waals surface area contributed by atoms with Crippen LogP contribution in [0.1, 0.15) is 35.1 Å². The average Bonchev–Trinajstić information content (AvgIpc) is 3.06. The van der Waals surface area contributed by atoms with Crippen LogP contribution in [0.25, 0.3) is 11.2 Å². The number of aryl methyl sites for hydroxylation is 1. The molecule has 2 N–H and O–H groups in total. The lowest BCUT2D eigenvalue weighted by atomic mass is 10.1. The molecule has 0 fully saturated rings. The van der Waals surface area contributed by atoms with Crippen LogP contribution >= 0.6 is 0 Å². The number of amides is 1. The van der Waals surface area contributed by atoms with Gasteiger partial charge >= 0.3 is 5.69 Å². The predicted molar refractivity (Wildman–Crippen MR) is 109 cm³/mol. The van der Waals surface area contributed by atoms with Crippen LogP contribution in [0.3, 0.4) is 0 Å². The first kappa shape index (κ1) is 20.5. The molecule has 154 valence electrons. The number of ether oxygens (including phenoxy) is 1. The second-order valence-corrected chi connectivity index (χ2v) is 6.92. The van der Waals surface area contributed by atoms with Crippen LogP contribution < -0.4 is 17.0 Å². The summed E-state index contributed by atoms with van der Waals surface area (Å²) in [5.74, 6) is 0.118. The van der Waals surface area contributed by atoms with Crippen molar-refractivity contribution in [2.75, 3.05) is 13.2 Å². The number of hydrogen-bond donors (Lipinski definition) is 1. The molecule has 3 rings (SSSR count). The minimum Gasteiger partial charge on any atom is -0.381 e. The van der Waals surface area contributed by atoms with Gasteiger partial charge in [0, 0.05) is 39.2 Å². The summed E-state index contributed by atoms with van der Waals surface area (Å²) in [6.07, 6.45) is 1.40. The molecule has 0 aliphatic heterocycles. The van der Waals surface area contributed by atoms with Crippen molar-refractivity contribution >= 4 is 17.1 Å². The van der Waals surface area contributed by atoms with Gasteiger partial charge in [-0.1, -0.05) is 19.1 Å². The standard InChI is InChI=1S/C20H25N5O4/c1-4-9-29-10-8-15-22-18-16(19(27)24(3)20(28)23(18)2)25(15)12-13-6-5-7-14(11-13)17(21)26/h5-7,11H,4,8-10,12H2,1-3H3,(H2,21,26). The van der Waals surface area contributed by atoms with Gasteiger partial charge in [0.25, 0.3) is 5.56 Å². The van der Waals surface area contributed by atoms with E-state index in [2.05, 4.69) is 4.98 Å². The number of primary amides is 1. The fraction of sp³-hybridized carbons (Fsp3) is 0.400. The summed E-state index contributed by atoms with van der Waals surface area (Å²) in [6.45, 7) is 3.43. The van der Waals surface area contributed by atoms with E-state index in [4.69, 9.17) is 10.5 Å². The Morgan fingerprint density at radius 3 is 2.62 bits per heavy atom. The first-order chi connectivity index (χ1) is 13.8. The second kappa shape index (κ2) is 8.44. The molecule has 0 saturated carbocycles. The van der Waals surface area contributed by atoms with E-state index in [0.717, 1.165) is 16.6 Å². The third kappa shape index (κ3) is 4.00. The monoisotopic (exact) mass is 399 g/mol. The van der Waals surface area contributed by atoms with E-state index < -0.39 is 17.2 Å². The molecule has 0 radical (unpaired) electrons. The molecule has 0 unspecified atom stereocenters. The fourth-order valence-corrected chi connectivity index (χ4v) is 3.27. The fourth-order valence-electron chi connectivity index (χ4n) is 3.27. The summed E-state index contributed by atoms with van der Waals surface area (Å²) in [7, 11) is 3.03. The van der Waals surface area contributed by atoms with Crippen LogP contribution in [0.15, 0.2) is 33.9 Å². The smallest absolute Gasteiger partial charge is 0.332 e. The Kier molecular flexibility index (Phi) is 5.97. The van der Waals surface area contributed by atoms with Gasteiger partial charge in [0.2, 0.25) is 5.91 Å². The highest BCUT2D eigenvalue weighted by Gasteiger charge is 2.19. The van der Waals surface area contributed by atoms with Crippen molar-refractivity contribution in [2.24, 2.45) is 19.8 Å². The van der Waals surface area contributed by atoms with Gasteiger partial charge in [0.1, 0.15) is 5.82 Å². The van der Waals surface area contributed by atoms with Gasteiger partial charge in [-0.2, -0.15) is 0 Å². The van der Waals surface area contributed by atoms with Crippen molar-refractivity contribution in [1.82, 2.24) is 18.7 Å². The van der Waals surface area contributed by atoms with Crippen molar-refractivity contribution in [3.63, 3.8) is 0 Å². The van der Waals surface area contributed by atoms with Crippen LogP contribution in [0.4, 0.5) is 0 Å². The van der Waals surface area contributed by atoms with Crippen LogP contribution in [-0.2, 0) is 31.8 Å². The molecule has 0 bridgehead atoms. The molecule has 0 atom stereocenters. The summed E-state index contributed by atoms with van der Waals surface area (Å²) in [4.78, 5) is 41.2. The van der Waals surface area contributed by atoms with Crippen LogP contribution in [0.5, 0.6) is 0 Å². The van der Waals surface area contributed by atoms with Gasteiger partial charge in [-0.25, -0.2) is 9.78 Å². The Labute approximate surface area is 167 Å². The Balaban J connectivity index is 2.14.